The summed E-state index contributed by atoms with van der Waals surface area (Å²) in [5.74, 6) is 1.16. The molecule has 0 radical (unpaired) electrons. The lowest BCUT2D eigenvalue weighted by atomic mass is 10.1. The molecule has 0 N–H and O–H groups in total. The molecule has 2 aromatic heterocycles. The number of benzene rings is 1. The summed E-state index contributed by atoms with van der Waals surface area (Å²) in [6.45, 7) is 4.01. The van der Waals surface area contributed by atoms with Gasteiger partial charge in [-0.3, -0.25) is 14.7 Å². The molecule has 1 atom stereocenters. The number of fused-ring (bicyclic) bond motifs is 3. The van der Waals surface area contributed by atoms with Gasteiger partial charge in [0.25, 0.3) is 0 Å². The van der Waals surface area contributed by atoms with Crippen LogP contribution in [-0.2, 0) is 4.79 Å². The van der Waals surface area contributed by atoms with Crippen molar-refractivity contribution in [2.24, 2.45) is 0 Å². The molecule has 0 aliphatic carbocycles. The van der Waals surface area contributed by atoms with E-state index in [1.807, 2.05) is 50.2 Å². The number of hydrogen-bond donors (Lipinski definition) is 0. The van der Waals surface area contributed by atoms with E-state index in [2.05, 4.69) is 20.2 Å². The fourth-order valence-electron chi connectivity index (χ4n) is 3.25. The maximum Gasteiger partial charge on any atom is 0.247 e. The molecule has 1 aliphatic heterocycles. The Morgan fingerprint density at radius 3 is 2.79 bits per heavy atom. The Kier molecular flexibility index (Phi) is 5.71. The van der Waals surface area contributed by atoms with E-state index in [1.54, 1.807) is 17.3 Å². The molecule has 8 heteroatoms. The SMILES string of the molecule is CCCC(=O)N1c2ccccc2-c2nnc(SCC)nc2O[C@@H]1c1cccnc1. The molecule has 1 aromatic carbocycles. The van der Waals surface area contributed by atoms with Crippen LogP contribution in [0.3, 0.4) is 0 Å². The van der Waals surface area contributed by atoms with E-state index in [4.69, 9.17) is 4.74 Å². The van der Waals surface area contributed by atoms with Gasteiger partial charge in [0.2, 0.25) is 23.2 Å². The lowest BCUT2D eigenvalue weighted by molar-refractivity contribution is -0.120. The summed E-state index contributed by atoms with van der Waals surface area (Å²) in [7, 11) is 0. The zero-order valence-electron chi connectivity index (χ0n) is 16.3. The number of ether oxygens (including phenoxy) is 1. The first-order valence-electron chi connectivity index (χ1n) is 9.58. The third-order valence-electron chi connectivity index (χ3n) is 4.49. The van der Waals surface area contributed by atoms with Crippen molar-refractivity contribution in [2.45, 2.75) is 38.1 Å². The van der Waals surface area contributed by atoms with Crippen LogP contribution in [-0.4, -0.2) is 31.8 Å². The smallest absolute Gasteiger partial charge is 0.247 e. The standard InChI is InChI=1S/C21H21N5O2S/c1-3-8-17(27)26-16-11-6-5-10-15(16)18-19(23-21(25-24-18)29-4-2)28-20(26)14-9-7-12-22-13-14/h5-7,9-13,20H,3-4,8H2,1-2H3/t20-/m1/s1. The average Bonchev–Trinajstić information content (AvgIpc) is 2.89. The molecule has 1 amide bonds. The number of hydrogen-bond acceptors (Lipinski definition) is 7. The Morgan fingerprint density at radius 1 is 1.17 bits per heavy atom. The molecule has 29 heavy (non-hydrogen) atoms. The van der Waals surface area contributed by atoms with E-state index in [-0.39, 0.29) is 5.91 Å². The van der Waals surface area contributed by atoms with E-state index >= 15 is 0 Å². The zero-order valence-corrected chi connectivity index (χ0v) is 17.1. The van der Waals surface area contributed by atoms with Gasteiger partial charge in [-0.2, -0.15) is 4.98 Å². The number of thioether (sulfide) groups is 1. The Labute approximate surface area is 173 Å². The van der Waals surface area contributed by atoms with Gasteiger partial charge in [0.1, 0.15) is 0 Å². The van der Waals surface area contributed by atoms with Crippen molar-refractivity contribution < 1.29 is 9.53 Å². The minimum Gasteiger partial charge on any atom is -0.447 e. The molecule has 0 bridgehead atoms. The normalized spacial score (nSPS) is 15.1. The second kappa shape index (κ2) is 8.57. The van der Waals surface area contributed by atoms with E-state index < -0.39 is 6.23 Å². The topological polar surface area (TPSA) is 81.1 Å². The number of pyridine rings is 1. The average molecular weight is 407 g/mol. The number of carbonyl (C=O) groups excluding carboxylic acids is 1. The van der Waals surface area contributed by atoms with Crippen LogP contribution in [0.2, 0.25) is 0 Å². The maximum absolute atomic E-state index is 13.2. The highest BCUT2D eigenvalue weighted by Gasteiger charge is 2.35. The minimum atomic E-state index is -0.693. The van der Waals surface area contributed by atoms with Crippen molar-refractivity contribution in [1.82, 2.24) is 20.2 Å². The van der Waals surface area contributed by atoms with Crippen molar-refractivity contribution >= 4 is 23.4 Å². The van der Waals surface area contributed by atoms with Crippen LogP contribution >= 0.6 is 11.8 Å². The zero-order chi connectivity index (χ0) is 20.2. The molecule has 0 unspecified atom stereocenters. The van der Waals surface area contributed by atoms with Crippen molar-refractivity contribution in [1.29, 1.82) is 0 Å². The van der Waals surface area contributed by atoms with Crippen LogP contribution in [0.5, 0.6) is 5.88 Å². The fraction of sp³-hybridized carbons (Fsp3) is 0.286. The van der Waals surface area contributed by atoms with E-state index in [1.165, 1.54) is 11.8 Å². The quantitative estimate of drug-likeness (QED) is 0.584. The first kappa shape index (κ1) is 19.3. The number of para-hydroxylation sites is 1. The molecule has 148 valence electrons. The number of aromatic nitrogens is 4. The monoisotopic (exact) mass is 407 g/mol. The van der Waals surface area contributed by atoms with Gasteiger partial charge in [0, 0.05) is 29.9 Å². The van der Waals surface area contributed by atoms with Crippen LogP contribution in [0.4, 0.5) is 5.69 Å². The molecule has 4 rings (SSSR count). The predicted octanol–water partition coefficient (Wildman–Crippen LogP) is 4.27. The summed E-state index contributed by atoms with van der Waals surface area (Å²) in [5, 5.41) is 9.17. The van der Waals surface area contributed by atoms with Gasteiger partial charge in [-0.1, -0.05) is 49.9 Å². The van der Waals surface area contributed by atoms with Crippen LogP contribution in [0.15, 0.2) is 53.9 Å². The van der Waals surface area contributed by atoms with Crippen molar-refractivity contribution in [2.75, 3.05) is 10.7 Å². The predicted molar refractivity (Wildman–Crippen MR) is 112 cm³/mol. The fourth-order valence-corrected chi connectivity index (χ4v) is 3.75. The summed E-state index contributed by atoms with van der Waals surface area (Å²) in [6, 6.07) is 11.4. The molecule has 0 spiro atoms. The van der Waals surface area contributed by atoms with Crippen molar-refractivity contribution in [3.8, 4) is 17.1 Å². The highest BCUT2D eigenvalue weighted by Crippen LogP contribution is 2.43. The Bertz CT molecular complexity index is 1010. The third kappa shape index (κ3) is 3.80. The van der Waals surface area contributed by atoms with Crippen LogP contribution in [0.25, 0.3) is 11.3 Å². The van der Waals surface area contributed by atoms with Gasteiger partial charge >= 0.3 is 0 Å². The second-order valence-corrected chi connectivity index (χ2v) is 7.70. The van der Waals surface area contributed by atoms with E-state index in [0.717, 1.165) is 29.0 Å². The summed E-state index contributed by atoms with van der Waals surface area (Å²) in [6.07, 6.45) is 3.85. The third-order valence-corrected chi connectivity index (χ3v) is 5.21. The molecule has 3 aromatic rings. The van der Waals surface area contributed by atoms with Crippen molar-refractivity contribution in [3.63, 3.8) is 0 Å². The van der Waals surface area contributed by atoms with Gasteiger partial charge in [-0.15, -0.1) is 10.2 Å². The molecule has 0 saturated heterocycles. The molecule has 1 aliphatic rings. The van der Waals surface area contributed by atoms with Gasteiger partial charge < -0.3 is 4.74 Å². The van der Waals surface area contributed by atoms with E-state index in [9.17, 15) is 4.79 Å². The first-order valence-corrected chi connectivity index (χ1v) is 10.6. The number of rotatable bonds is 5. The highest BCUT2D eigenvalue weighted by atomic mass is 32.2. The van der Waals surface area contributed by atoms with Gasteiger partial charge in [-0.25, -0.2) is 0 Å². The van der Waals surface area contributed by atoms with Gasteiger partial charge in [0.15, 0.2) is 5.69 Å². The van der Waals surface area contributed by atoms with Crippen LogP contribution in [0.1, 0.15) is 38.5 Å². The number of anilines is 1. The Hall–Kier alpha value is -3.00. The summed E-state index contributed by atoms with van der Waals surface area (Å²) in [5.41, 5.74) is 2.79. The number of carbonyl (C=O) groups is 1. The molecule has 3 heterocycles. The molecular weight excluding hydrogens is 386 g/mol. The molecule has 0 saturated carbocycles. The number of nitrogens with zero attached hydrogens (tertiary/aromatic N) is 5. The minimum absolute atomic E-state index is 0.0299. The molecule has 0 fully saturated rings. The summed E-state index contributed by atoms with van der Waals surface area (Å²) < 4.78 is 6.33. The molecular formula is C21H21N5O2S. The number of amides is 1. The van der Waals surface area contributed by atoms with Gasteiger partial charge in [0.05, 0.1) is 5.69 Å². The lowest BCUT2D eigenvalue weighted by Crippen LogP contribution is -2.37. The maximum atomic E-state index is 13.2. The largest absolute Gasteiger partial charge is 0.447 e. The summed E-state index contributed by atoms with van der Waals surface area (Å²) >= 11 is 1.49. The summed E-state index contributed by atoms with van der Waals surface area (Å²) in [4.78, 5) is 23.7. The van der Waals surface area contributed by atoms with Crippen LogP contribution < -0.4 is 9.64 Å². The Balaban J connectivity index is 1.93. The van der Waals surface area contributed by atoms with Gasteiger partial charge in [-0.05, 0) is 24.3 Å². The Morgan fingerprint density at radius 2 is 2.03 bits per heavy atom. The van der Waals surface area contributed by atoms with Crippen LogP contribution in [0, 0.1) is 0 Å². The highest BCUT2D eigenvalue weighted by molar-refractivity contribution is 7.99. The van der Waals surface area contributed by atoms with Crippen molar-refractivity contribution in [3.05, 3.63) is 54.4 Å². The first-order chi connectivity index (χ1) is 14.2. The molecule has 7 nitrogen and oxygen atoms in total. The lowest BCUT2D eigenvalue weighted by Gasteiger charge is -2.30. The van der Waals surface area contributed by atoms with E-state index in [0.29, 0.717) is 23.2 Å². The second-order valence-electron chi connectivity index (χ2n) is 6.47.